The molecule has 0 aliphatic heterocycles. The molecule has 0 N–H and O–H groups in total. The molecule has 0 unspecified atom stereocenters. The zero-order valence-electron chi connectivity index (χ0n) is 9.75. The number of methoxy groups -OCH3 is 1. The fourth-order valence-corrected chi connectivity index (χ4v) is 2.74. The minimum absolute atomic E-state index is 0.121. The summed E-state index contributed by atoms with van der Waals surface area (Å²) in [6.07, 6.45) is 0. The lowest BCUT2D eigenvalue weighted by atomic mass is 10.1. The monoisotopic (exact) mass is 297 g/mol. The van der Waals surface area contributed by atoms with Crippen molar-refractivity contribution in [2.75, 3.05) is 7.11 Å². The first-order chi connectivity index (χ1) is 9.02. The van der Waals surface area contributed by atoms with Gasteiger partial charge >= 0.3 is 5.97 Å². The molecule has 0 spiro atoms. The van der Waals surface area contributed by atoms with E-state index in [1.165, 1.54) is 36.6 Å². The van der Waals surface area contributed by atoms with Crippen LogP contribution in [-0.4, -0.2) is 18.0 Å². The maximum Gasteiger partial charge on any atom is 0.338 e. The number of rotatable bonds is 3. The number of nitro groups is 1. The van der Waals surface area contributed by atoms with E-state index in [0.29, 0.717) is 15.5 Å². The number of hydrogen-bond donors (Lipinski definition) is 0. The Morgan fingerprint density at radius 3 is 2.68 bits per heavy atom. The van der Waals surface area contributed by atoms with E-state index in [1.807, 2.05) is 0 Å². The van der Waals surface area contributed by atoms with Gasteiger partial charge in [0, 0.05) is 17.7 Å². The highest BCUT2D eigenvalue weighted by molar-refractivity contribution is 7.14. The third-order valence-corrected chi connectivity index (χ3v) is 3.82. The van der Waals surface area contributed by atoms with Gasteiger partial charge in [0.05, 0.1) is 27.5 Å². The number of hydrogen-bond acceptors (Lipinski definition) is 5. The SMILES string of the molecule is COC(=O)c1cc(-c2sccc2Cl)cc([N+](=O)[O-])c1. The zero-order chi connectivity index (χ0) is 14.0. The number of ether oxygens (including phenoxy) is 1. The van der Waals surface area contributed by atoms with Crippen LogP contribution in [-0.2, 0) is 4.74 Å². The number of nitro benzene ring substituents is 1. The third-order valence-electron chi connectivity index (χ3n) is 2.43. The predicted octanol–water partition coefficient (Wildman–Crippen LogP) is 3.76. The standard InChI is InChI=1S/C12H8ClNO4S/c1-18-12(15)8-4-7(5-9(6-8)14(16)17)11-10(13)2-3-19-11/h2-6H,1H3. The first-order valence-electron chi connectivity index (χ1n) is 5.14. The summed E-state index contributed by atoms with van der Waals surface area (Å²) < 4.78 is 4.58. The molecule has 0 aliphatic carbocycles. The van der Waals surface area contributed by atoms with E-state index in [2.05, 4.69) is 4.74 Å². The van der Waals surface area contributed by atoms with Gasteiger partial charge in [-0.25, -0.2) is 4.79 Å². The molecule has 0 fully saturated rings. The molecule has 5 nitrogen and oxygen atoms in total. The van der Waals surface area contributed by atoms with Crippen molar-refractivity contribution in [3.8, 4) is 10.4 Å². The third kappa shape index (κ3) is 2.74. The Morgan fingerprint density at radius 2 is 2.16 bits per heavy atom. The summed E-state index contributed by atoms with van der Waals surface area (Å²) >= 11 is 7.34. The summed E-state index contributed by atoms with van der Waals surface area (Å²) in [6, 6.07) is 5.77. The molecule has 1 aromatic heterocycles. The molecule has 0 radical (unpaired) electrons. The quantitative estimate of drug-likeness (QED) is 0.491. The number of esters is 1. The summed E-state index contributed by atoms with van der Waals surface area (Å²) in [4.78, 5) is 22.5. The lowest BCUT2D eigenvalue weighted by molar-refractivity contribution is -0.384. The van der Waals surface area contributed by atoms with Gasteiger partial charge in [0.15, 0.2) is 0 Å². The minimum Gasteiger partial charge on any atom is -0.465 e. The molecule has 0 amide bonds. The molecule has 0 saturated carbocycles. The van der Waals surface area contributed by atoms with Gasteiger partial charge < -0.3 is 4.74 Å². The number of halogens is 1. The molecule has 0 saturated heterocycles. The smallest absolute Gasteiger partial charge is 0.338 e. The van der Waals surface area contributed by atoms with Crippen molar-refractivity contribution in [3.63, 3.8) is 0 Å². The van der Waals surface area contributed by atoms with Crippen LogP contribution >= 0.6 is 22.9 Å². The van der Waals surface area contributed by atoms with Gasteiger partial charge in [-0.3, -0.25) is 10.1 Å². The van der Waals surface area contributed by atoms with Crippen LogP contribution in [0, 0.1) is 10.1 Å². The van der Waals surface area contributed by atoms with Crippen molar-refractivity contribution in [2.24, 2.45) is 0 Å². The van der Waals surface area contributed by atoms with Crippen LogP contribution in [0.15, 0.2) is 29.6 Å². The molecule has 1 aromatic carbocycles. The second kappa shape index (κ2) is 5.38. The number of carbonyl (C=O) groups is 1. The summed E-state index contributed by atoms with van der Waals surface area (Å²) in [5, 5.41) is 13.2. The second-order valence-electron chi connectivity index (χ2n) is 3.61. The summed E-state index contributed by atoms with van der Waals surface area (Å²) in [6.45, 7) is 0. The fourth-order valence-electron chi connectivity index (χ4n) is 1.58. The van der Waals surface area contributed by atoms with Crippen molar-refractivity contribution in [3.05, 3.63) is 50.3 Å². The molecule has 1 heterocycles. The maximum atomic E-state index is 11.5. The number of benzene rings is 1. The van der Waals surface area contributed by atoms with Crippen molar-refractivity contribution < 1.29 is 14.5 Å². The van der Waals surface area contributed by atoms with Crippen molar-refractivity contribution in [2.45, 2.75) is 0 Å². The Morgan fingerprint density at radius 1 is 1.42 bits per heavy atom. The molecule has 0 aliphatic rings. The molecule has 2 rings (SSSR count). The second-order valence-corrected chi connectivity index (χ2v) is 4.94. The Balaban J connectivity index is 2.61. The highest BCUT2D eigenvalue weighted by Gasteiger charge is 2.17. The number of nitrogens with zero attached hydrogens (tertiary/aromatic N) is 1. The van der Waals surface area contributed by atoms with Crippen LogP contribution < -0.4 is 0 Å². The van der Waals surface area contributed by atoms with Gasteiger partial charge in [0.2, 0.25) is 0 Å². The number of non-ortho nitro benzene ring substituents is 1. The van der Waals surface area contributed by atoms with E-state index in [0.717, 1.165) is 0 Å². The van der Waals surface area contributed by atoms with Gasteiger partial charge in [0.1, 0.15) is 0 Å². The lowest BCUT2D eigenvalue weighted by Gasteiger charge is -2.04. The van der Waals surface area contributed by atoms with Crippen LogP contribution in [0.4, 0.5) is 5.69 Å². The van der Waals surface area contributed by atoms with E-state index < -0.39 is 10.9 Å². The Hall–Kier alpha value is -1.92. The van der Waals surface area contributed by atoms with Gasteiger partial charge in [-0.2, -0.15) is 0 Å². The Kier molecular flexibility index (Phi) is 3.82. The first-order valence-corrected chi connectivity index (χ1v) is 6.40. The highest BCUT2D eigenvalue weighted by atomic mass is 35.5. The largest absolute Gasteiger partial charge is 0.465 e. The van der Waals surface area contributed by atoms with Crippen molar-refractivity contribution in [1.82, 2.24) is 0 Å². The number of thiophene rings is 1. The molecule has 7 heteroatoms. The van der Waals surface area contributed by atoms with Gasteiger partial charge in [0.25, 0.3) is 5.69 Å². The predicted molar refractivity (Wildman–Crippen MR) is 72.8 cm³/mol. The van der Waals surface area contributed by atoms with E-state index in [-0.39, 0.29) is 11.3 Å². The Labute approximate surface area is 117 Å². The van der Waals surface area contributed by atoms with Gasteiger partial charge in [-0.05, 0) is 17.5 Å². The van der Waals surface area contributed by atoms with Crippen LogP contribution in [0.2, 0.25) is 5.02 Å². The molecule has 19 heavy (non-hydrogen) atoms. The van der Waals surface area contributed by atoms with Gasteiger partial charge in [-0.1, -0.05) is 11.6 Å². The molecule has 98 valence electrons. The van der Waals surface area contributed by atoms with E-state index >= 15 is 0 Å². The lowest BCUT2D eigenvalue weighted by Crippen LogP contribution is -2.02. The Bertz CT molecular complexity index is 653. The van der Waals surface area contributed by atoms with Crippen molar-refractivity contribution in [1.29, 1.82) is 0 Å². The van der Waals surface area contributed by atoms with Gasteiger partial charge in [-0.15, -0.1) is 11.3 Å². The average Bonchev–Trinajstić information content (AvgIpc) is 2.83. The summed E-state index contributed by atoms with van der Waals surface area (Å²) in [5.41, 5.74) is 0.466. The van der Waals surface area contributed by atoms with Crippen LogP contribution in [0.5, 0.6) is 0 Å². The topological polar surface area (TPSA) is 69.4 Å². The van der Waals surface area contributed by atoms with E-state index in [1.54, 1.807) is 11.4 Å². The number of carbonyl (C=O) groups excluding carboxylic acids is 1. The van der Waals surface area contributed by atoms with Crippen LogP contribution in [0.1, 0.15) is 10.4 Å². The van der Waals surface area contributed by atoms with Crippen molar-refractivity contribution >= 4 is 34.6 Å². The van der Waals surface area contributed by atoms with E-state index in [4.69, 9.17) is 11.6 Å². The average molecular weight is 298 g/mol. The normalized spacial score (nSPS) is 10.2. The molecular weight excluding hydrogens is 290 g/mol. The van der Waals surface area contributed by atoms with E-state index in [9.17, 15) is 14.9 Å². The zero-order valence-corrected chi connectivity index (χ0v) is 11.3. The molecule has 0 bridgehead atoms. The fraction of sp³-hybridized carbons (Fsp3) is 0.0833. The molecule has 2 aromatic rings. The van der Waals surface area contributed by atoms with Crippen LogP contribution in [0.3, 0.4) is 0 Å². The maximum absolute atomic E-state index is 11.5. The molecular formula is C12H8ClNO4S. The first kappa shape index (κ1) is 13.5. The molecule has 0 atom stereocenters. The summed E-state index contributed by atoms with van der Waals surface area (Å²) in [7, 11) is 1.22. The highest BCUT2D eigenvalue weighted by Crippen LogP contribution is 2.35. The van der Waals surface area contributed by atoms with Crippen LogP contribution in [0.25, 0.3) is 10.4 Å². The minimum atomic E-state index is -0.627. The summed E-state index contributed by atoms with van der Waals surface area (Å²) in [5.74, 6) is -0.627.